The molecule has 0 spiro atoms. The summed E-state index contributed by atoms with van der Waals surface area (Å²) in [4.78, 5) is 19.2. The zero-order valence-corrected chi connectivity index (χ0v) is 13.2. The van der Waals surface area contributed by atoms with Gasteiger partial charge in [-0.2, -0.15) is 0 Å². The third-order valence-corrected chi connectivity index (χ3v) is 3.56. The molecule has 0 saturated heterocycles. The topological polar surface area (TPSA) is 69.1 Å². The van der Waals surface area contributed by atoms with Crippen LogP contribution >= 0.6 is 0 Å². The third kappa shape index (κ3) is 2.59. The van der Waals surface area contributed by atoms with E-state index in [2.05, 4.69) is 9.97 Å². The first-order valence-electron chi connectivity index (χ1n) is 7.10. The van der Waals surface area contributed by atoms with E-state index in [1.54, 1.807) is 49.5 Å². The molecular weight excluding hydrogens is 294 g/mol. The van der Waals surface area contributed by atoms with Crippen LogP contribution < -0.4 is 15.0 Å². The van der Waals surface area contributed by atoms with Crippen LogP contribution in [0, 0.1) is 6.92 Å². The van der Waals surface area contributed by atoms with Gasteiger partial charge in [-0.3, -0.25) is 9.36 Å². The Morgan fingerprint density at radius 3 is 2.74 bits per heavy atom. The summed E-state index contributed by atoms with van der Waals surface area (Å²) in [6, 6.07) is 7.36. The van der Waals surface area contributed by atoms with Gasteiger partial charge in [0.1, 0.15) is 11.5 Å². The lowest BCUT2D eigenvalue weighted by atomic mass is 10.1. The van der Waals surface area contributed by atoms with Crippen molar-refractivity contribution < 1.29 is 9.47 Å². The molecule has 6 heteroatoms. The number of H-pyrrole nitrogens is 1. The molecule has 3 rings (SSSR count). The molecule has 0 aliphatic heterocycles. The van der Waals surface area contributed by atoms with Crippen molar-refractivity contribution in [2.24, 2.45) is 0 Å². The lowest BCUT2D eigenvalue weighted by Crippen LogP contribution is -2.13. The maximum atomic E-state index is 12.1. The molecule has 2 heterocycles. The van der Waals surface area contributed by atoms with Gasteiger partial charge in [0, 0.05) is 18.6 Å². The minimum absolute atomic E-state index is 0.190. The largest absolute Gasteiger partial charge is 0.493 e. The standard InChI is InChI=1S/C17H17N3O3/c1-11-9-12(15(23-3)14(10-11)22-2)16-18-7-8-20(16)13-5-4-6-19-17(13)21/h4-10H,1-3H3,(H,19,21). The molecular formula is C17H17N3O3. The number of nitrogens with one attached hydrogen (secondary N) is 1. The van der Waals surface area contributed by atoms with Crippen LogP contribution in [0.4, 0.5) is 0 Å². The average molecular weight is 311 g/mol. The van der Waals surface area contributed by atoms with Crippen molar-refractivity contribution in [1.29, 1.82) is 0 Å². The minimum atomic E-state index is -0.190. The number of ether oxygens (including phenoxy) is 2. The average Bonchev–Trinajstić information content (AvgIpc) is 3.03. The van der Waals surface area contributed by atoms with Crippen LogP contribution in [-0.4, -0.2) is 28.8 Å². The van der Waals surface area contributed by atoms with E-state index in [1.165, 1.54) is 0 Å². The van der Waals surface area contributed by atoms with Gasteiger partial charge in [0.25, 0.3) is 5.56 Å². The number of imidazole rings is 1. The number of aromatic nitrogens is 3. The van der Waals surface area contributed by atoms with Gasteiger partial charge < -0.3 is 14.5 Å². The predicted octanol–water partition coefficient (Wildman–Crippen LogP) is 2.55. The number of benzene rings is 1. The molecule has 0 aliphatic rings. The van der Waals surface area contributed by atoms with Gasteiger partial charge in [-0.1, -0.05) is 0 Å². The van der Waals surface area contributed by atoms with Gasteiger partial charge in [-0.05, 0) is 36.8 Å². The second kappa shape index (κ2) is 6.00. The van der Waals surface area contributed by atoms with E-state index >= 15 is 0 Å². The SMILES string of the molecule is COc1cc(C)cc(-c2nccn2-c2ccc[nH]c2=O)c1OC. The molecule has 1 aromatic carbocycles. The Hall–Kier alpha value is -3.02. The molecule has 3 aromatic rings. The zero-order valence-electron chi connectivity index (χ0n) is 13.2. The van der Waals surface area contributed by atoms with Crippen LogP contribution in [0.3, 0.4) is 0 Å². The minimum Gasteiger partial charge on any atom is -0.493 e. The lowest BCUT2D eigenvalue weighted by Gasteiger charge is -2.15. The molecule has 0 saturated carbocycles. The van der Waals surface area contributed by atoms with Crippen LogP contribution in [0.2, 0.25) is 0 Å². The highest BCUT2D eigenvalue weighted by Gasteiger charge is 2.18. The summed E-state index contributed by atoms with van der Waals surface area (Å²) in [5.74, 6) is 1.82. The number of nitrogens with zero attached hydrogens (tertiary/aromatic N) is 2. The number of aryl methyl sites for hydroxylation is 1. The fourth-order valence-corrected chi connectivity index (χ4v) is 2.57. The van der Waals surface area contributed by atoms with E-state index in [9.17, 15) is 4.79 Å². The molecule has 0 fully saturated rings. The summed E-state index contributed by atoms with van der Waals surface area (Å²) in [6.07, 6.45) is 4.99. The van der Waals surface area contributed by atoms with Gasteiger partial charge in [0.2, 0.25) is 0 Å². The quantitative estimate of drug-likeness (QED) is 0.804. The predicted molar refractivity (Wildman–Crippen MR) is 87.5 cm³/mol. The second-order valence-corrected chi connectivity index (χ2v) is 5.05. The molecule has 0 bridgehead atoms. The maximum Gasteiger partial charge on any atom is 0.272 e. The summed E-state index contributed by atoms with van der Waals surface area (Å²) in [5, 5.41) is 0. The Morgan fingerprint density at radius 2 is 2.04 bits per heavy atom. The van der Waals surface area contributed by atoms with Gasteiger partial charge in [-0.25, -0.2) is 4.98 Å². The van der Waals surface area contributed by atoms with E-state index in [-0.39, 0.29) is 5.56 Å². The van der Waals surface area contributed by atoms with Crippen molar-refractivity contribution in [1.82, 2.24) is 14.5 Å². The highest BCUT2D eigenvalue weighted by Crippen LogP contribution is 2.38. The molecule has 1 N–H and O–H groups in total. The third-order valence-electron chi connectivity index (χ3n) is 3.56. The molecule has 2 aromatic heterocycles. The molecule has 0 unspecified atom stereocenters. The molecule has 0 aliphatic carbocycles. The van der Waals surface area contributed by atoms with Gasteiger partial charge in [0.15, 0.2) is 11.5 Å². The Morgan fingerprint density at radius 1 is 1.22 bits per heavy atom. The van der Waals surface area contributed by atoms with Crippen molar-refractivity contribution in [2.45, 2.75) is 6.92 Å². The number of hydrogen-bond acceptors (Lipinski definition) is 4. The van der Waals surface area contributed by atoms with Gasteiger partial charge in [0.05, 0.1) is 19.8 Å². The van der Waals surface area contributed by atoms with Crippen molar-refractivity contribution in [3.05, 3.63) is 58.8 Å². The fraction of sp³-hybridized carbons (Fsp3) is 0.176. The van der Waals surface area contributed by atoms with Crippen LogP contribution in [0.1, 0.15) is 5.56 Å². The first-order valence-corrected chi connectivity index (χ1v) is 7.10. The van der Waals surface area contributed by atoms with Crippen molar-refractivity contribution in [3.8, 4) is 28.6 Å². The molecule has 0 amide bonds. The van der Waals surface area contributed by atoms with Gasteiger partial charge in [-0.15, -0.1) is 0 Å². The summed E-state index contributed by atoms with van der Waals surface area (Å²) in [5.41, 5.74) is 2.07. The fourth-order valence-electron chi connectivity index (χ4n) is 2.57. The Balaban J connectivity index is 2.26. The highest BCUT2D eigenvalue weighted by molar-refractivity contribution is 5.71. The number of hydrogen-bond donors (Lipinski definition) is 1. The van der Waals surface area contributed by atoms with Crippen molar-refractivity contribution >= 4 is 0 Å². The normalized spacial score (nSPS) is 10.6. The van der Waals surface area contributed by atoms with E-state index in [1.807, 2.05) is 19.1 Å². The zero-order chi connectivity index (χ0) is 16.4. The number of aromatic amines is 1. The molecule has 0 atom stereocenters. The summed E-state index contributed by atoms with van der Waals surface area (Å²) >= 11 is 0. The first-order chi connectivity index (χ1) is 11.2. The Labute approximate surface area is 133 Å². The van der Waals surface area contributed by atoms with E-state index in [0.29, 0.717) is 23.0 Å². The Kier molecular flexibility index (Phi) is 3.89. The van der Waals surface area contributed by atoms with Crippen molar-refractivity contribution in [2.75, 3.05) is 14.2 Å². The van der Waals surface area contributed by atoms with Crippen LogP contribution in [0.15, 0.2) is 47.7 Å². The first kappa shape index (κ1) is 14.9. The number of rotatable bonds is 4. The molecule has 118 valence electrons. The summed E-state index contributed by atoms with van der Waals surface area (Å²) < 4.78 is 12.6. The molecule has 23 heavy (non-hydrogen) atoms. The van der Waals surface area contributed by atoms with Crippen LogP contribution in [0.25, 0.3) is 17.1 Å². The smallest absolute Gasteiger partial charge is 0.272 e. The summed E-state index contributed by atoms with van der Waals surface area (Å²) in [6.45, 7) is 1.97. The monoisotopic (exact) mass is 311 g/mol. The van der Waals surface area contributed by atoms with Crippen LogP contribution in [-0.2, 0) is 0 Å². The highest BCUT2D eigenvalue weighted by atomic mass is 16.5. The number of methoxy groups -OCH3 is 2. The van der Waals surface area contributed by atoms with Gasteiger partial charge >= 0.3 is 0 Å². The second-order valence-electron chi connectivity index (χ2n) is 5.05. The van der Waals surface area contributed by atoms with E-state index < -0.39 is 0 Å². The van der Waals surface area contributed by atoms with Crippen LogP contribution in [0.5, 0.6) is 11.5 Å². The molecule has 6 nitrogen and oxygen atoms in total. The molecule has 0 radical (unpaired) electrons. The van der Waals surface area contributed by atoms with Crippen molar-refractivity contribution in [3.63, 3.8) is 0 Å². The Bertz CT molecular complexity index is 896. The van der Waals surface area contributed by atoms with E-state index in [4.69, 9.17) is 9.47 Å². The lowest BCUT2D eigenvalue weighted by molar-refractivity contribution is 0.355. The maximum absolute atomic E-state index is 12.1. The number of pyridine rings is 1. The van der Waals surface area contributed by atoms with E-state index in [0.717, 1.165) is 11.1 Å². The summed E-state index contributed by atoms with van der Waals surface area (Å²) in [7, 11) is 3.18.